The second kappa shape index (κ2) is 6.68. The van der Waals surface area contributed by atoms with Gasteiger partial charge in [0.15, 0.2) is 0 Å². The number of carbonyl (C=O) groups is 1. The lowest BCUT2D eigenvalue weighted by Gasteiger charge is -2.25. The normalized spacial score (nSPS) is 15.0. The van der Waals surface area contributed by atoms with Crippen LogP contribution in [0.1, 0.15) is 36.8 Å². The van der Waals surface area contributed by atoms with E-state index in [4.69, 9.17) is 0 Å². The number of aromatic nitrogens is 2. The molecule has 0 aliphatic rings. The van der Waals surface area contributed by atoms with Gasteiger partial charge in [-0.15, -0.1) is 0 Å². The van der Waals surface area contributed by atoms with Crippen molar-refractivity contribution in [3.8, 4) is 0 Å². The Balaban J connectivity index is 2.08. The minimum atomic E-state index is -1.66. The van der Waals surface area contributed by atoms with E-state index < -0.39 is 23.3 Å². The summed E-state index contributed by atoms with van der Waals surface area (Å²) in [7, 11) is 0. The molecule has 1 amide bonds. The average Bonchev–Trinajstić information content (AvgIpc) is 2.82. The summed E-state index contributed by atoms with van der Waals surface area (Å²) in [5, 5.41) is 17.3. The van der Waals surface area contributed by atoms with Crippen LogP contribution >= 0.6 is 0 Å². The number of nitrogens with zero attached hydrogens (tertiary/aromatic N) is 2. The van der Waals surface area contributed by atoms with Crippen molar-refractivity contribution in [3.63, 3.8) is 0 Å². The summed E-state index contributed by atoms with van der Waals surface area (Å²) in [5.74, 6) is -1.95. The highest BCUT2D eigenvalue weighted by molar-refractivity contribution is 5.80. The molecule has 7 heteroatoms. The Morgan fingerprint density at radius 3 is 2.58 bits per heavy atom. The molecule has 0 fully saturated rings. The molecule has 5 nitrogen and oxygen atoms in total. The molecule has 0 saturated carbocycles. The lowest BCUT2D eigenvalue weighted by Crippen LogP contribution is -2.42. The van der Waals surface area contributed by atoms with Gasteiger partial charge in [0.25, 0.3) is 0 Å². The Hall–Kier alpha value is -2.28. The topological polar surface area (TPSA) is 67.2 Å². The molecule has 0 spiro atoms. The Kier molecular flexibility index (Phi) is 5.03. The second-order valence-corrected chi connectivity index (χ2v) is 6.16. The monoisotopic (exact) mass is 337 g/mol. The molecule has 1 aromatic heterocycles. The molecular weight excluding hydrogens is 316 g/mol. The number of benzene rings is 1. The number of amides is 1. The molecule has 0 unspecified atom stereocenters. The lowest BCUT2D eigenvalue weighted by atomic mass is 9.95. The summed E-state index contributed by atoms with van der Waals surface area (Å²) in [6, 6.07) is 4.21. The quantitative estimate of drug-likeness (QED) is 0.880. The van der Waals surface area contributed by atoms with Gasteiger partial charge in [-0.3, -0.25) is 9.48 Å². The van der Waals surface area contributed by atoms with Crippen LogP contribution in [0, 0.1) is 25.5 Å². The van der Waals surface area contributed by atoms with E-state index in [-0.39, 0.29) is 18.0 Å². The summed E-state index contributed by atoms with van der Waals surface area (Å²) in [4.78, 5) is 12.3. The van der Waals surface area contributed by atoms with Crippen molar-refractivity contribution in [2.45, 2.75) is 39.3 Å². The van der Waals surface area contributed by atoms with Gasteiger partial charge in [-0.2, -0.15) is 5.10 Å². The van der Waals surface area contributed by atoms with Gasteiger partial charge in [-0.05, 0) is 39.8 Å². The molecular formula is C17H21F2N3O2. The minimum Gasteiger partial charge on any atom is -0.383 e. The van der Waals surface area contributed by atoms with Gasteiger partial charge in [0.2, 0.25) is 5.91 Å². The number of rotatable bonds is 5. The summed E-state index contributed by atoms with van der Waals surface area (Å²) >= 11 is 0. The summed E-state index contributed by atoms with van der Waals surface area (Å²) in [5.41, 5.74) is -0.107. The first kappa shape index (κ1) is 18.1. The van der Waals surface area contributed by atoms with Crippen molar-refractivity contribution in [2.75, 3.05) is 6.54 Å². The SMILES string of the molecule is Cc1cc(C)n([C@@H](C)C(=O)NC[C@@](C)(O)c2ccc(F)cc2F)n1. The Morgan fingerprint density at radius 2 is 2.04 bits per heavy atom. The van der Waals surface area contributed by atoms with Crippen LogP contribution in [-0.4, -0.2) is 27.3 Å². The van der Waals surface area contributed by atoms with Crippen LogP contribution in [0.3, 0.4) is 0 Å². The van der Waals surface area contributed by atoms with Gasteiger partial charge in [0, 0.05) is 17.3 Å². The van der Waals surface area contributed by atoms with E-state index in [2.05, 4.69) is 10.4 Å². The Labute approximate surface area is 139 Å². The highest BCUT2D eigenvalue weighted by atomic mass is 19.1. The number of hydrogen-bond acceptors (Lipinski definition) is 3. The van der Waals surface area contributed by atoms with Crippen LogP contribution < -0.4 is 5.32 Å². The largest absolute Gasteiger partial charge is 0.383 e. The van der Waals surface area contributed by atoms with Gasteiger partial charge in [-0.1, -0.05) is 6.07 Å². The van der Waals surface area contributed by atoms with Gasteiger partial charge in [0.05, 0.1) is 12.2 Å². The summed E-state index contributed by atoms with van der Waals surface area (Å²) < 4.78 is 28.4. The molecule has 0 saturated heterocycles. The van der Waals surface area contributed by atoms with Crippen LogP contribution in [0.25, 0.3) is 0 Å². The first-order valence-corrected chi connectivity index (χ1v) is 7.60. The zero-order valence-corrected chi connectivity index (χ0v) is 14.1. The number of nitrogens with one attached hydrogen (secondary N) is 1. The third-order valence-corrected chi connectivity index (χ3v) is 3.91. The fraction of sp³-hybridized carbons (Fsp3) is 0.412. The van der Waals surface area contributed by atoms with Gasteiger partial charge in [0.1, 0.15) is 23.3 Å². The van der Waals surface area contributed by atoms with Crippen molar-refractivity contribution in [3.05, 3.63) is 52.9 Å². The number of hydrogen-bond donors (Lipinski definition) is 2. The van der Waals surface area contributed by atoms with Crippen molar-refractivity contribution in [1.29, 1.82) is 0 Å². The minimum absolute atomic E-state index is 0.0806. The highest BCUT2D eigenvalue weighted by Gasteiger charge is 2.28. The maximum atomic E-state index is 13.8. The number of carbonyl (C=O) groups excluding carboxylic acids is 1. The van der Waals surface area contributed by atoms with Gasteiger partial charge >= 0.3 is 0 Å². The standard InChI is InChI=1S/C17H21F2N3O2/c1-10-7-11(2)22(21-10)12(3)16(23)20-9-17(4,24)14-6-5-13(18)8-15(14)19/h5-8,12,24H,9H2,1-4H3,(H,20,23)/t12-,17+/m0/s1. The number of halogens is 2. The predicted octanol–water partition coefficient (Wildman–Crippen LogP) is 2.36. The van der Waals surface area contributed by atoms with E-state index in [1.807, 2.05) is 19.9 Å². The zero-order chi connectivity index (χ0) is 18.1. The number of aryl methyl sites for hydroxylation is 2. The average molecular weight is 337 g/mol. The van der Waals surface area contributed by atoms with E-state index >= 15 is 0 Å². The smallest absolute Gasteiger partial charge is 0.244 e. The van der Waals surface area contributed by atoms with Crippen molar-refractivity contribution < 1.29 is 18.7 Å². The summed E-state index contributed by atoms with van der Waals surface area (Å²) in [6.07, 6.45) is 0. The Bertz CT molecular complexity index is 756. The molecule has 130 valence electrons. The fourth-order valence-electron chi connectivity index (χ4n) is 2.58. The lowest BCUT2D eigenvalue weighted by molar-refractivity contribution is -0.125. The van der Waals surface area contributed by atoms with Gasteiger partial charge in [-0.25, -0.2) is 8.78 Å². The first-order chi connectivity index (χ1) is 11.1. The molecule has 2 atom stereocenters. The maximum absolute atomic E-state index is 13.8. The van der Waals surface area contributed by atoms with E-state index in [0.717, 1.165) is 17.5 Å². The second-order valence-electron chi connectivity index (χ2n) is 6.16. The van der Waals surface area contributed by atoms with Crippen molar-refractivity contribution in [2.24, 2.45) is 0 Å². The third kappa shape index (κ3) is 3.79. The van der Waals surface area contributed by atoms with Crippen LogP contribution in [0.2, 0.25) is 0 Å². The molecule has 2 aromatic rings. The zero-order valence-electron chi connectivity index (χ0n) is 14.1. The highest BCUT2D eigenvalue weighted by Crippen LogP contribution is 2.23. The molecule has 24 heavy (non-hydrogen) atoms. The molecule has 0 aliphatic carbocycles. The predicted molar refractivity (Wildman–Crippen MR) is 85.4 cm³/mol. The van der Waals surface area contributed by atoms with E-state index in [0.29, 0.717) is 6.07 Å². The molecule has 2 rings (SSSR count). The molecule has 1 aromatic carbocycles. The Morgan fingerprint density at radius 1 is 1.38 bits per heavy atom. The van der Waals surface area contributed by atoms with E-state index in [1.165, 1.54) is 13.0 Å². The van der Waals surface area contributed by atoms with Crippen LogP contribution in [-0.2, 0) is 10.4 Å². The number of aliphatic hydroxyl groups is 1. The fourth-order valence-corrected chi connectivity index (χ4v) is 2.58. The van der Waals surface area contributed by atoms with Crippen molar-refractivity contribution >= 4 is 5.91 Å². The molecule has 2 N–H and O–H groups in total. The molecule has 0 radical (unpaired) electrons. The van der Waals surface area contributed by atoms with Crippen LogP contribution in [0.15, 0.2) is 24.3 Å². The molecule has 0 bridgehead atoms. The van der Waals surface area contributed by atoms with Crippen molar-refractivity contribution in [1.82, 2.24) is 15.1 Å². The van der Waals surface area contributed by atoms with Crippen LogP contribution in [0.4, 0.5) is 8.78 Å². The third-order valence-electron chi connectivity index (χ3n) is 3.91. The van der Waals surface area contributed by atoms with Crippen LogP contribution in [0.5, 0.6) is 0 Å². The molecule has 0 aliphatic heterocycles. The van der Waals surface area contributed by atoms with E-state index in [9.17, 15) is 18.7 Å². The van der Waals surface area contributed by atoms with Gasteiger partial charge < -0.3 is 10.4 Å². The first-order valence-electron chi connectivity index (χ1n) is 7.60. The maximum Gasteiger partial charge on any atom is 0.244 e. The summed E-state index contributed by atoms with van der Waals surface area (Å²) in [6.45, 7) is 6.50. The van der Waals surface area contributed by atoms with E-state index in [1.54, 1.807) is 11.6 Å². The molecule has 1 heterocycles.